The Morgan fingerprint density at radius 3 is 1.50 bits per heavy atom. The predicted octanol–water partition coefficient (Wildman–Crippen LogP) is 11.9. The Labute approximate surface area is 275 Å². The summed E-state index contributed by atoms with van der Waals surface area (Å²) in [4.78, 5) is 14.4. The van der Waals surface area contributed by atoms with Gasteiger partial charge in [0.25, 0.3) is 0 Å². The summed E-state index contributed by atoms with van der Waals surface area (Å²) < 4.78 is 5.41. The zero-order valence-electron chi connectivity index (χ0n) is 29.9. The van der Waals surface area contributed by atoms with Gasteiger partial charge in [-0.1, -0.05) is 154 Å². The van der Waals surface area contributed by atoms with Gasteiger partial charge in [-0.05, 0) is 70.9 Å². The highest BCUT2D eigenvalue weighted by Crippen LogP contribution is 2.12. The summed E-state index contributed by atoms with van der Waals surface area (Å²) in [6.07, 6.45) is 44.0. The molecule has 0 aliphatic carbocycles. The maximum atomic E-state index is 11.9. The molecule has 0 fully saturated rings. The van der Waals surface area contributed by atoms with E-state index in [0.717, 1.165) is 45.3 Å². The highest BCUT2D eigenvalue weighted by molar-refractivity contribution is 5.69. The molecule has 0 bridgehead atoms. The van der Waals surface area contributed by atoms with Gasteiger partial charge in [0.15, 0.2) is 0 Å². The normalized spacial score (nSPS) is 11.9. The second-order valence-electron chi connectivity index (χ2n) is 13.1. The van der Waals surface area contributed by atoms with Crippen molar-refractivity contribution in [2.24, 2.45) is 0 Å². The van der Waals surface area contributed by atoms with E-state index < -0.39 is 0 Å². The summed E-state index contributed by atoms with van der Waals surface area (Å²) in [5.41, 5.74) is 0. The number of esters is 1. The summed E-state index contributed by atoms with van der Waals surface area (Å²) in [7, 11) is 0. The molecule has 0 aromatic heterocycles. The first-order valence-corrected chi connectivity index (χ1v) is 19.5. The fraction of sp³-hybridized carbons (Fsp3) is 0.875. The molecule has 0 saturated heterocycles. The third-order valence-electron chi connectivity index (χ3n) is 8.71. The Bertz CT molecular complexity index is 618. The molecule has 0 radical (unpaired) electrons. The van der Waals surface area contributed by atoms with Gasteiger partial charge in [0.2, 0.25) is 0 Å². The summed E-state index contributed by atoms with van der Waals surface area (Å²) in [6, 6.07) is 0. The molecule has 0 amide bonds. The van der Waals surface area contributed by atoms with Crippen LogP contribution in [0.5, 0.6) is 0 Å². The van der Waals surface area contributed by atoms with Crippen LogP contribution in [0.3, 0.4) is 0 Å². The van der Waals surface area contributed by atoms with Gasteiger partial charge in [0, 0.05) is 13.0 Å². The third-order valence-corrected chi connectivity index (χ3v) is 8.71. The van der Waals surface area contributed by atoms with Gasteiger partial charge in [-0.25, -0.2) is 0 Å². The van der Waals surface area contributed by atoms with E-state index in [1.807, 2.05) is 0 Å². The second kappa shape index (κ2) is 38.1. The molecule has 4 nitrogen and oxygen atoms in total. The lowest BCUT2D eigenvalue weighted by atomic mass is 10.1. The smallest absolute Gasteiger partial charge is 0.305 e. The molecule has 0 rings (SSSR count). The van der Waals surface area contributed by atoms with E-state index in [2.05, 4.69) is 43.1 Å². The summed E-state index contributed by atoms with van der Waals surface area (Å²) in [6.45, 7) is 8.45. The van der Waals surface area contributed by atoms with E-state index in [0.29, 0.717) is 13.0 Å². The number of aliphatic hydroxyl groups excluding tert-OH is 1. The zero-order chi connectivity index (χ0) is 32.0. The molecule has 0 aliphatic heterocycles. The minimum absolute atomic E-state index is 0.00303. The van der Waals surface area contributed by atoms with Crippen molar-refractivity contribution in [1.29, 1.82) is 0 Å². The number of hydrogen-bond acceptors (Lipinski definition) is 4. The SMILES string of the molecule is CCCCC/C=C\C/C=C\CCCCCCCCN(CCO)CCCCCCCCCC(=O)OCCCCCCCCCC. The van der Waals surface area contributed by atoms with E-state index in [9.17, 15) is 9.90 Å². The number of hydrogen-bond donors (Lipinski definition) is 1. The van der Waals surface area contributed by atoms with Gasteiger partial charge in [0.05, 0.1) is 13.2 Å². The molecule has 1 N–H and O–H groups in total. The third kappa shape index (κ3) is 35.4. The van der Waals surface area contributed by atoms with Crippen LogP contribution in [0, 0.1) is 0 Å². The Morgan fingerprint density at radius 1 is 0.523 bits per heavy atom. The monoisotopic (exact) mass is 620 g/mol. The summed E-state index contributed by atoms with van der Waals surface area (Å²) >= 11 is 0. The number of carbonyl (C=O) groups is 1. The Balaban J connectivity index is 3.49. The molecular formula is C40H77NO3. The van der Waals surface area contributed by atoms with Crippen LogP contribution in [0.1, 0.15) is 194 Å². The van der Waals surface area contributed by atoms with Gasteiger partial charge < -0.3 is 14.7 Å². The Morgan fingerprint density at radius 2 is 0.955 bits per heavy atom. The highest BCUT2D eigenvalue weighted by Gasteiger charge is 2.05. The first kappa shape index (κ1) is 42.9. The number of ether oxygens (including phenoxy) is 1. The van der Waals surface area contributed by atoms with Crippen molar-refractivity contribution in [3.8, 4) is 0 Å². The first-order chi connectivity index (χ1) is 21.7. The number of unbranched alkanes of at least 4 members (excludes halogenated alkanes) is 22. The standard InChI is InChI=1S/C40H77NO3/c1-3-5-7-9-11-13-14-15-16-17-18-19-20-23-27-31-35-41(37-38-42)36-32-28-24-21-22-26-30-34-40(43)44-39-33-29-25-12-10-8-6-4-2/h11,13,15-16,42H,3-10,12,14,17-39H2,1-2H3/b13-11-,16-15-. The van der Waals surface area contributed by atoms with Gasteiger partial charge in [0.1, 0.15) is 0 Å². The zero-order valence-corrected chi connectivity index (χ0v) is 29.9. The van der Waals surface area contributed by atoms with Crippen molar-refractivity contribution < 1.29 is 14.6 Å². The fourth-order valence-electron chi connectivity index (χ4n) is 5.78. The molecule has 0 aliphatic rings. The topological polar surface area (TPSA) is 49.8 Å². The van der Waals surface area contributed by atoms with Crippen LogP contribution in [0.15, 0.2) is 24.3 Å². The highest BCUT2D eigenvalue weighted by atomic mass is 16.5. The van der Waals surface area contributed by atoms with E-state index in [4.69, 9.17) is 4.74 Å². The van der Waals surface area contributed by atoms with Crippen molar-refractivity contribution in [2.75, 3.05) is 32.8 Å². The quantitative estimate of drug-likeness (QED) is 0.0430. The minimum Gasteiger partial charge on any atom is -0.466 e. The van der Waals surface area contributed by atoms with Gasteiger partial charge in [-0.2, -0.15) is 0 Å². The first-order valence-electron chi connectivity index (χ1n) is 19.5. The van der Waals surface area contributed by atoms with Crippen molar-refractivity contribution in [3.05, 3.63) is 24.3 Å². The fourth-order valence-corrected chi connectivity index (χ4v) is 5.78. The molecule has 0 saturated carbocycles. The van der Waals surface area contributed by atoms with Crippen LogP contribution in [0.2, 0.25) is 0 Å². The van der Waals surface area contributed by atoms with E-state index >= 15 is 0 Å². The number of aliphatic hydroxyl groups is 1. The van der Waals surface area contributed by atoms with Crippen LogP contribution in [-0.2, 0) is 9.53 Å². The van der Waals surface area contributed by atoms with Crippen LogP contribution >= 0.6 is 0 Å². The number of allylic oxidation sites excluding steroid dienone is 4. The maximum Gasteiger partial charge on any atom is 0.305 e. The van der Waals surface area contributed by atoms with Crippen LogP contribution in [0.4, 0.5) is 0 Å². The van der Waals surface area contributed by atoms with Crippen LogP contribution in [0.25, 0.3) is 0 Å². The Kier molecular flexibility index (Phi) is 37.1. The summed E-state index contributed by atoms with van der Waals surface area (Å²) in [5.74, 6) is -0.00303. The second-order valence-corrected chi connectivity index (χ2v) is 13.1. The molecule has 0 aromatic carbocycles. The van der Waals surface area contributed by atoms with Crippen molar-refractivity contribution in [3.63, 3.8) is 0 Å². The molecular weight excluding hydrogens is 542 g/mol. The lowest BCUT2D eigenvalue weighted by molar-refractivity contribution is -0.143. The van der Waals surface area contributed by atoms with Gasteiger partial charge in [-0.15, -0.1) is 0 Å². The van der Waals surface area contributed by atoms with E-state index in [1.54, 1.807) is 0 Å². The molecule has 4 heteroatoms. The van der Waals surface area contributed by atoms with E-state index in [1.165, 1.54) is 148 Å². The van der Waals surface area contributed by atoms with Gasteiger partial charge >= 0.3 is 5.97 Å². The molecule has 0 spiro atoms. The number of nitrogens with zero attached hydrogens (tertiary/aromatic N) is 1. The lowest BCUT2D eigenvalue weighted by Gasteiger charge is -2.21. The maximum absolute atomic E-state index is 11.9. The van der Waals surface area contributed by atoms with Crippen molar-refractivity contribution >= 4 is 5.97 Å². The number of rotatable bonds is 36. The predicted molar refractivity (Wildman–Crippen MR) is 193 cm³/mol. The summed E-state index contributed by atoms with van der Waals surface area (Å²) in [5, 5.41) is 9.47. The average molecular weight is 620 g/mol. The lowest BCUT2D eigenvalue weighted by Crippen LogP contribution is -2.29. The minimum atomic E-state index is -0.00303. The Hall–Kier alpha value is -1.13. The largest absolute Gasteiger partial charge is 0.466 e. The van der Waals surface area contributed by atoms with Crippen LogP contribution in [-0.4, -0.2) is 48.8 Å². The number of carbonyl (C=O) groups excluding carboxylic acids is 1. The van der Waals surface area contributed by atoms with Crippen molar-refractivity contribution in [2.45, 2.75) is 194 Å². The van der Waals surface area contributed by atoms with Gasteiger partial charge in [-0.3, -0.25) is 4.79 Å². The molecule has 0 unspecified atom stereocenters. The van der Waals surface area contributed by atoms with Crippen molar-refractivity contribution in [1.82, 2.24) is 4.90 Å². The molecule has 0 heterocycles. The molecule has 260 valence electrons. The van der Waals surface area contributed by atoms with Crippen LogP contribution < -0.4 is 0 Å². The molecule has 0 atom stereocenters. The molecule has 44 heavy (non-hydrogen) atoms. The molecule has 0 aromatic rings. The van der Waals surface area contributed by atoms with E-state index in [-0.39, 0.29) is 12.6 Å². The average Bonchev–Trinajstić information content (AvgIpc) is 3.02.